The van der Waals surface area contributed by atoms with Crippen molar-refractivity contribution in [1.82, 2.24) is 14.9 Å². The van der Waals surface area contributed by atoms with Crippen LogP contribution in [0.15, 0.2) is 47.8 Å². The van der Waals surface area contributed by atoms with Gasteiger partial charge in [-0.25, -0.2) is 8.42 Å². The van der Waals surface area contributed by atoms with Crippen molar-refractivity contribution >= 4 is 15.7 Å². The van der Waals surface area contributed by atoms with E-state index in [0.29, 0.717) is 19.5 Å². The van der Waals surface area contributed by atoms with Crippen molar-refractivity contribution in [3.63, 3.8) is 0 Å². The Morgan fingerprint density at radius 1 is 1.23 bits per heavy atom. The molecule has 3 rings (SSSR count). The Hall–Kier alpha value is -2.32. The number of hydrogen-bond acceptors (Lipinski definition) is 6. The van der Waals surface area contributed by atoms with Crippen LogP contribution >= 0.6 is 0 Å². The largest absolute Gasteiger partial charge is 0.391 e. The summed E-state index contributed by atoms with van der Waals surface area (Å²) in [5.74, 6) is -0.152. The van der Waals surface area contributed by atoms with E-state index in [0.717, 1.165) is 17.5 Å². The molecule has 1 fully saturated rings. The van der Waals surface area contributed by atoms with Crippen LogP contribution in [0.4, 0.5) is 0 Å². The Bertz CT molecular complexity index is 869. The fraction of sp³-hybridized carbons (Fsp3) is 0.389. The summed E-state index contributed by atoms with van der Waals surface area (Å²) in [7, 11) is -3.25. The number of amides is 1. The number of carbonyl (C=O) groups excluding carboxylic acids is 1. The van der Waals surface area contributed by atoms with Gasteiger partial charge in [0.05, 0.1) is 23.1 Å². The smallest absolute Gasteiger partial charge is 0.227 e. The molecule has 1 aliphatic heterocycles. The van der Waals surface area contributed by atoms with E-state index < -0.39 is 15.9 Å². The maximum Gasteiger partial charge on any atom is 0.227 e. The number of benzene rings is 1. The van der Waals surface area contributed by atoms with Crippen molar-refractivity contribution in [2.45, 2.75) is 23.8 Å². The predicted molar refractivity (Wildman–Crippen MR) is 95.1 cm³/mol. The molecule has 0 unspecified atom stereocenters. The van der Waals surface area contributed by atoms with Crippen molar-refractivity contribution in [2.24, 2.45) is 5.92 Å². The third kappa shape index (κ3) is 4.44. The fourth-order valence-electron chi connectivity index (χ4n) is 3.10. The zero-order valence-corrected chi connectivity index (χ0v) is 15.3. The van der Waals surface area contributed by atoms with Crippen molar-refractivity contribution in [3.8, 4) is 0 Å². The third-order valence-corrected chi connectivity index (χ3v) is 5.68. The third-order valence-electron chi connectivity index (χ3n) is 4.55. The number of aromatic nitrogens is 2. The molecule has 1 aromatic heterocycles. The summed E-state index contributed by atoms with van der Waals surface area (Å²) in [6.07, 6.45) is 6.18. The Kier molecular flexibility index (Phi) is 5.33. The van der Waals surface area contributed by atoms with Crippen molar-refractivity contribution < 1.29 is 18.3 Å². The zero-order chi connectivity index (χ0) is 18.7. The zero-order valence-electron chi connectivity index (χ0n) is 14.4. The first-order valence-corrected chi connectivity index (χ1v) is 10.2. The molecule has 1 amide bonds. The fourth-order valence-corrected chi connectivity index (χ4v) is 3.73. The van der Waals surface area contributed by atoms with E-state index in [1.165, 1.54) is 12.1 Å². The molecule has 1 N–H and O–H groups in total. The summed E-state index contributed by atoms with van der Waals surface area (Å²) in [5, 5.41) is 10.3. The number of sulfone groups is 1. The molecule has 0 aliphatic carbocycles. The molecule has 138 valence electrons. The average molecular weight is 375 g/mol. The molecule has 7 nitrogen and oxygen atoms in total. The minimum absolute atomic E-state index is 0.0664. The molecule has 2 heterocycles. The lowest BCUT2D eigenvalue weighted by Gasteiger charge is -2.16. The highest BCUT2D eigenvalue weighted by Crippen LogP contribution is 2.21. The molecule has 1 saturated heterocycles. The number of aliphatic hydroxyl groups is 1. The van der Waals surface area contributed by atoms with Crippen LogP contribution in [0.25, 0.3) is 0 Å². The first kappa shape index (κ1) is 18.5. The van der Waals surface area contributed by atoms with Gasteiger partial charge in [-0.2, -0.15) is 0 Å². The number of likely N-dealkylation sites (tertiary alicyclic amines) is 1. The van der Waals surface area contributed by atoms with E-state index >= 15 is 0 Å². The Labute approximate surface area is 152 Å². The van der Waals surface area contributed by atoms with E-state index in [1.54, 1.807) is 35.6 Å². The van der Waals surface area contributed by atoms with E-state index in [9.17, 15) is 18.3 Å². The molecule has 2 atom stereocenters. The van der Waals surface area contributed by atoms with E-state index in [2.05, 4.69) is 9.97 Å². The van der Waals surface area contributed by atoms with Crippen LogP contribution in [0.2, 0.25) is 0 Å². The van der Waals surface area contributed by atoms with E-state index in [1.807, 2.05) is 0 Å². The van der Waals surface area contributed by atoms with Crippen LogP contribution < -0.4 is 0 Å². The number of nitrogens with zero attached hydrogens (tertiary/aromatic N) is 3. The molecule has 0 spiro atoms. The maximum absolute atomic E-state index is 12.5. The number of carbonyl (C=O) groups is 1. The van der Waals surface area contributed by atoms with Gasteiger partial charge in [0.2, 0.25) is 5.91 Å². The quantitative estimate of drug-likeness (QED) is 0.816. The van der Waals surface area contributed by atoms with Gasteiger partial charge in [0.25, 0.3) is 0 Å². The highest BCUT2D eigenvalue weighted by atomic mass is 32.2. The maximum atomic E-state index is 12.5. The predicted octanol–water partition coefficient (Wildman–Crippen LogP) is 0.485. The minimum atomic E-state index is -3.25. The van der Waals surface area contributed by atoms with Crippen LogP contribution in [0.3, 0.4) is 0 Å². The summed E-state index contributed by atoms with van der Waals surface area (Å²) in [5.41, 5.74) is 1.54. The number of β-amino-alcohol motifs (C(OH)–C–C–N with tert-alkyl or cyclic N) is 1. The van der Waals surface area contributed by atoms with Crippen molar-refractivity contribution in [3.05, 3.63) is 54.1 Å². The lowest BCUT2D eigenvalue weighted by molar-refractivity contribution is -0.129. The van der Waals surface area contributed by atoms with Gasteiger partial charge in [-0.1, -0.05) is 12.1 Å². The molecule has 2 aromatic rings. The molecule has 0 radical (unpaired) electrons. The molecular weight excluding hydrogens is 354 g/mol. The second kappa shape index (κ2) is 7.51. The average Bonchev–Trinajstić information content (AvgIpc) is 2.96. The highest BCUT2D eigenvalue weighted by Gasteiger charge is 2.34. The van der Waals surface area contributed by atoms with E-state index in [-0.39, 0.29) is 23.1 Å². The monoisotopic (exact) mass is 375 g/mol. The normalized spacial score (nSPS) is 20.3. The van der Waals surface area contributed by atoms with Gasteiger partial charge in [0.1, 0.15) is 0 Å². The van der Waals surface area contributed by atoms with Crippen molar-refractivity contribution in [2.75, 3.05) is 19.3 Å². The Morgan fingerprint density at radius 3 is 2.58 bits per heavy atom. The molecule has 0 bridgehead atoms. The first-order chi connectivity index (χ1) is 12.3. The van der Waals surface area contributed by atoms with E-state index in [4.69, 9.17) is 0 Å². The van der Waals surface area contributed by atoms with Crippen LogP contribution in [-0.2, 0) is 27.5 Å². The lowest BCUT2D eigenvalue weighted by atomic mass is 10.0. The summed E-state index contributed by atoms with van der Waals surface area (Å²) >= 11 is 0. The van der Waals surface area contributed by atoms with Gasteiger partial charge in [0, 0.05) is 43.9 Å². The summed E-state index contributed by atoms with van der Waals surface area (Å²) < 4.78 is 23.0. The topological polar surface area (TPSA) is 100 Å². The highest BCUT2D eigenvalue weighted by molar-refractivity contribution is 7.90. The van der Waals surface area contributed by atoms with Gasteiger partial charge in [0.15, 0.2) is 9.84 Å². The summed E-state index contributed by atoms with van der Waals surface area (Å²) in [4.78, 5) is 22.6. The molecule has 1 aliphatic rings. The summed E-state index contributed by atoms with van der Waals surface area (Å²) in [6.45, 7) is 0.767. The van der Waals surface area contributed by atoms with Gasteiger partial charge in [-0.15, -0.1) is 0 Å². The van der Waals surface area contributed by atoms with Crippen LogP contribution in [0, 0.1) is 5.92 Å². The molecule has 26 heavy (non-hydrogen) atoms. The van der Waals surface area contributed by atoms with Gasteiger partial charge >= 0.3 is 0 Å². The van der Waals surface area contributed by atoms with Crippen LogP contribution in [0.1, 0.15) is 11.3 Å². The second-order valence-electron chi connectivity index (χ2n) is 6.62. The Morgan fingerprint density at radius 2 is 1.96 bits per heavy atom. The number of aliphatic hydroxyl groups excluding tert-OH is 1. The minimum Gasteiger partial charge on any atom is -0.391 e. The second-order valence-corrected chi connectivity index (χ2v) is 8.64. The molecule has 8 heteroatoms. The molecular formula is C18H21N3O4S. The standard InChI is InChI=1S/C18H21N3O4S/c1-26(24,25)16-4-2-13(3-5-16)8-18(23)21-11-14(17(22)12-21)9-15-10-19-6-7-20-15/h2-7,10,14,17,22H,8-9,11-12H2,1H3/t14-,17-/m1/s1. The molecule has 1 aromatic carbocycles. The summed E-state index contributed by atoms with van der Waals surface area (Å²) in [6, 6.07) is 6.32. The van der Waals surface area contributed by atoms with Gasteiger partial charge in [-0.3, -0.25) is 14.8 Å². The SMILES string of the molecule is CS(=O)(=O)c1ccc(CC(=O)N2C[C@@H](Cc3cnccn3)[C@H](O)C2)cc1. The number of hydrogen-bond donors (Lipinski definition) is 1. The first-order valence-electron chi connectivity index (χ1n) is 8.32. The lowest BCUT2D eigenvalue weighted by Crippen LogP contribution is -2.31. The van der Waals surface area contributed by atoms with Gasteiger partial charge < -0.3 is 10.0 Å². The number of rotatable bonds is 5. The molecule has 0 saturated carbocycles. The van der Waals surface area contributed by atoms with Crippen LogP contribution in [0.5, 0.6) is 0 Å². The van der Waals surface area contributed by atoms with Crippen molar-refractivity contribution in [1.29, 1.82) is 0 Å². The van der Waals surface area contributed by atoms with Gasteiger partial charge in [-0.05, 0) is 24.1 Å². The van der Waals surface area contributed by atoms with Crippen LogP contribution in [-0.4, -0.2) is 59.7 Å². The Balaban J connectivity index is 1.60.